The summed E-state index contributed by atoms with van der Waals surface area (Å²) in [6.45, 7) is 11.2. The Labute approximate surface area is 117 Å². The molecular weight excluding hydrogens is 260 g/mol. The van der Waals surface area contributed by atoms with Gasteiger partial charge in [-0.1, -0.05) is 0 Å². The van der Waals surface area contributed by atoms with Crippen LogP contribution in [0.2, 0.25) is 0 Å². The lowest BCUT2D eigenvalue weighted by molar-refractivity contribution is 0.412. The van der Waals surface area contributed by atoms with Crippen molar-refractivity contribution in [1.82, 2.24) is 20.5 Å². The van der Waals surface area contributed by atoms with Crippen molar-refractivity contribution in [3.05, 3.63) is 16.6 Å². The maximum Gasteiger partial charge on any atom is 0.259 e. The van der Waals surface area contributed by atoms with Gasteiger partial charge in [0, 0.05) is 18.5 Å². The highest BCUT2D eigenvalue weighted by Crippen LogP contribution is 2.28. The molecule has 0 saturated heterocycles. The zero-order chi connectivity index (χ0) is 14.0. The monoisotopic (exact) mass is 280 g/mol. The largest absolute Gasteiger partial charge is 0.420 e. The Balaban J connectivity index is 2.01. The average Bonchev–Trinajstić information content (AvgIpc) is 2.83. The van der Waals surface area contributed by atoms with Crippen LogP contribution in [0.3, 0.4) is 0 Å². The molecule has 0 spiro atoms. The van der Waals surface area contributed by atoms with Gasteiger partial charge in [-0.3, -0.25) is 0 Å². The van der Waals surface area contributed by atoms with Crippen molar-refractivity contribution in [2.24, 2.45) is 0 Å². The molecule has 0 aromatic carbocycles. The molecule has 0 bridgehead atoms. The van der Waals surface area contributed by atoms with Crippen LogP contribution in [-0.4, -0.2) is 27.3 Å². The van der Waals surface area contributed by atoms with Gasteiger partial charge in [-0.15, -0.1) is 21.5 Å². The van der Waals surface area contributed by atoms with Gasteiger partial charge in [-0.25, -0.2) is 4.98 Å². The van der Waals surface area contributed by atoms with Crippen LogP contribution in [0.4, 0.5) is 0 Å². The molecule has 0 aliphatic heterocycles. The van der Waals surface area contributed by atoms with E-state index >= 15 is 0 Å². The molecule has 2 heterocycles. The third-order valence-corrected chi connectivity index (χ3v) is 3.62. The van der Waals surface area contributed by atoms with Crippen molar-refractivity contribution in [2.75, 3.05) is 6.54 Å². The fourth-order valence-electron chi connectivity index (χ4n) is 1.72. The highest BCUT2D eigenvalue weighted by Gasteiger charge is 2.15. The van der Waals surface area contributed by atoms with Crippen molar-refractivity contribution in [3.63, 3.8) is 0 Å². The summed E-state index contributed by atoms with van der Waals surface area (Å²) in [5.41, 5.74) is 1.05. The van der Waals surface area contributed by atoms with E-state index in [2.05, 4.69) is 41.3 Å². The fraction of sp³-hybridized carbons (Fsp3) is 0.615. The van der Waals surface area contributed by atoms with E-state index in [1.807, 2.05) is 13.8 Å². The molecule has 5 nitrogen and oxygen atoms in total. The maximum atomic E-state index is 5.69. The van der Waals surface area contributed by atoms with Gasteiger partial charge in [-0.05, 0) is 34.6 Å². The predicted octanol–water partition coefficient (Wildman–Crippen LogP) is 2.74. The second-order valence-electron chi connectivity index (χ2n) is 5.58. The summed E-state index contributed by atoms with van der Waals surface area (Å²) in [7, 11) is 0. The quantitative estimate of drug-likeness (QED) is 0.933. The second kappa shape index (κ2) is 5.38. The summed E-state index contributed by atoms with van der Waals surface area (Å²) in [5.74, 6) is 1.24. The molecule has 0 aliphatic rings. The van der Waals surface area contributed by atoms with Gasteiger partial charge >= 0.3 is 0 Å². The zero-order valence-corrected chi connectivity index (χ0v) is 12.9. The molecule has 0 fully saturated rings. The van der Waals surface area contributed by atoms with Crippen LogP contribution in [-0.2, 0) is 6.42 Å². The highest BCUT2D eigenvalue weighted by molar-refractivity contribution is 7.15. The standard InChI is InChI=1S/C13H20N4OS/c1-8-11(19-9(2)15-8)12-17-16-10(18-12)6-7-14-13(3,4)5/h14H,6-7H2,1-5H3. The minimum absolute atomic E-state index is 0.105. The van der Waals surface area contributed by atoms with E-state index in [-0.39, 0.29) is 5.54 Å². The van der Waals surface area contributed by atoms with E-state index in [1.165, 1.54) is 0 Å². The van der Waals surface area contributed by atoms with Crippen LogP contribution in [0.25, 0.3) is 10.8 Å². The fourth-order valence-corrected chi connectivity index (χ4v) is 2.56. The first kappa shape index (κ1) is 14.1. The smallest absolute Gasteiger partial charge is 0.259 e. The Bertz CT molecular complexity index is 553. The number of hydrogen-bond acceptors (Lipinski definition) is 6. The number of thiazole rings is 1. The Morgan fingerprint density at radius 2 is 1.95 bits per heavy atom. The van der Waals surface area contributed by atoms with E-state index in [0.717, 1.165) is 28.5 Å². The Morgan fingerprint density at radius 1 is 1.21 bits per heavy atom. The molecule has 1 N–H and O–H groups in total. The first-order valence-electron chi connectivity index (χ1n) is 6.37. The number of rotatable bonds is 4. The van der Waals surface area contributed by atoms with Gasteiger partial charge in [0.05, 0.1) is 10.7 Å². The van der Waals surface area contributed by atoms with Crippen molar-refractivity contribution in [1.29, 1.82) is 0 Å². The Kier molecular flexibility index (Phi) is 4.01. The second-order valence-corrected chi connectivity index (χ2v) is 6.78. The molecule has 2 aromatic heterocycles. The van der Waals surface area contributed by atoms with Gasteiger partial charge in [-0.2, -0.15) is 0 Å². The lowest BCUT2D eigenvalue weighted by Crippen LogP contribution is -2.37. The summed E-state index contributed by atoms with van der Waals surface area (Å²) in [4.78, 5) is 5.34. The molecule has 2 aromatic rings. The maximum absolute atomic E-state index is 5.69. The molecule has 6 heteroatoms. The summed E-state index contributed by atoms with van der Waals surface area (Å²) in [5, 5.41) is 12.6. The van der Waals surface area contributed by atoms with Crippen LogP contribution in [0.1, 0.15) is 37.4 Å². The molecule has 0 aliphatic carbocycles. The van der Waals surface area contributed by atoms with Gasteiger partial charge in [0.1, 0.15) is 4.88 Å². The van der Waals surface area contributed by atoms with Gasteiger partial charge in [0.2, 0.25) is 5.89 Å². The van der Waals surface area contributed by atoms with Crippen LogP contribution in [0.15, 0.2) is 4.42 Å². The SMILES string of the molecule is Cc1nc(C)c(-c2nnc(CCNC(C)(C)C)o2)s1. The van der Waals surface area contributed by atoms with E-state index in [1.54, 1.807) is 11.3 Å². The molecule has 0 radical (unpaired) electrons. The van der Waals surface area contributed by atoms with Gasteiger partial charge in [0.25, 0.3) is 5.89 Å². The third kappa shape index (κ3) is 3.84. The summed E-state index contributed by atoms with van der Waals surface area (Å²) < 4.78 is 5.69. The van der Waals surface area contributed by atoms with E-state index in [0.29, 0.717) is 11.8 Å². The van der Waals surface area contributed by atoms with Crippen LogP contribution in [0.5, 0.6) is 0 Å². The zero-order valence-electron chi connectivity index (χ0n) is 12.1. The first-order valence-corrected chi connectivity index (χ1v) is 7.18. The van der Waals surface area contributed by atoms with E-state index < -0.39 is 0 Å². The van der Waals surface area contributed by atoms with Crippen LogP contribution in [0, 0.1) is 13.8 Å². The lowest BCUT2D eigenvalue weighted by Gasteiger charge is -2.19. The number of nitrogens with zero attached hydrogens (tertiary/aromatic N) is 3. The van der Waals surface area contributed by atoms with Gasteiger partial charge in [0.15, 0.2) is 0 Å². The number of aromatic nitrogens is 3. The molecule has 2 rings (SSSR count). The molecule has 0 amide bonds. The number of aryl methyl sites for hydroxylation is 2. The lowest BCUT2D eigenvalue weighted by atomic mass is 10.1. The first-order chi connectivity index (χ1) is 8.85. The molecule has 104 valence electrons. The summed E-state index contributed by atoms with van der Waals surface area (Å²) >= 11 is 1.59. The van der Waals surface area contributed by atoms with E-state index in [4.69, 9.17) is 4.42 Å². The van der Waals surface area contributed by atoms with Crippen LogP contribution >= 0.6 is 11.3 Å². The topological polar surface area (TPSA) is 63.8 Å². The molecular formula is C13H20N4OS. The molecule has 0 saturated carbocycles. The average molecular weight is 280 g/mol. The predicted molar refractivity (Wildman–Crippen MR) is 76.3 cm³/mol. The van der Waals surface area contributed by atoms with Crippen molar-refractivity contribution in [3.8, 4) is 10.8 Å². The highest BCUT2D eigenvalue weighted by atomic mass is 32.1. The number of nitrogens with one attached hydrogen (secondary N) is 1. The van der Waals surface area contributed by atoms with E-state index in [9.17, 15) is 0 Å². The number of hydrogen-bond donors (Lipinski definition) is 1. The normalized spacial score (nSPS) is 12.1. The molecule has 19 heavy (non-hydrogen) atoms. The Hall–Kier alpha value is -1.27. The van der Waals surface area contributed by atoms with Gasteiger partial charge < -0.3 is 9.73 Å². The minimum Gasteiger partial charge on any atom is -0.420 e. The molecule has 0 unspecified atom stereocenters. The van der Waals surface area contributed by atoms with Crippen molar-refractivity contribution >= 4 is 11.3 Å². The minimum atomic E-state index is 0.105. The third-order valence-electron chi connectivity index (χ3n) is 2.56. The van der Waals surface area contributed by atoms with Crippen molar-refractivity contribution < 1.29 is 4.42 Å². The summed E-state index contributed by atoms with van der Waals surface area (Å²) in [6, 6.07) is 0. The van der Waals surface area contributed by atoms with Crippen LogP contribution < -0.4 is 5.32 Å². The summed E-state index contributed by atoms with van der Waals surface area (Å²) in [6.07, 6.45) is 0.737. The molecule has 0 atom stereocenters. The van der Waals surface area contributed by atoms with Crippen molar-refractivity contribution in [2.45, 2.75) is 46.6 Å². The Morgan fingerprint density at radius 3 is 2.53 bits per heavy atom.